The molecule has 7 nitrogen and oxygen atoms in total. The summed E-state index contributed by atoms with van der Waals surface area (Å²) in [5.41, 5.74) is 9.38. The molecule has 1 amide bonds. The smallest absolute Gasteiger partial charge is 0.248 e. The molecule has 8 heteroatoms. The van der Waals surface area contributed by atoms with Crippen molar-refractivity contribution < 1.29 is 9.53 Å². The Morgan fingerprint density at radius 2 is 1.84 bits per heavy atom. The average Bonchev–Trinajstić information content (AvgIpc) is 2.77. The van der Waals surface area contributed by atoms with Crippen molar-refractivity contribution in [1.82, 2.24) is 15.5 Å². The molecule has 1 saturated heterocycles. The Balaban J connectivity index is 0.00000341. The topological polar surface area (TPSA) is 92.0 Å². The van der Waals surface area contributed by atoms with Crippen LogP contribution in [0.4, 0.5) is 0 Å². The lowest BCUT2D eigenvalue weighted by Gasteiger charge is -2.27. The number of benzene rings is 2. The maximum absolute atomic E-state index is 11.4. The minimum absolute atomic E-state index is 0. The second-order valence-electron chi connectivity index (χ2n) is 7.27. The monoisotopic (exact) mass is 537 g/mol. The number of guanidine groups is 1. The first-order valence-corrected chi connectivity index (χ1v) is 10.4. The molecule has 1 fully saturated rings. The molecule has 1 heterocycles. The number of aliphatic imine (C=N–C) groups is 1. The standard InChI is InChI=1S/C23H31N5O2.HI/c1-2-25-23(26-15-18-6-5-9-19(14-18)22(24)29)27-16-20-7-3-4-8-21(20)17-28-10-12-30-13-11-28;/h3-9,14H,2,10-13,15-17H2,1H3,(H2,24,29)(H2,25,26,27);1H. The van der Waals surface area contributed by atoms with Gasteiger partial charge in [0, 0.05) is 38.3 Å². The third-order valence-corrected chi connectivity index (χ3v) is 5.04. The minimum atomic E-state index is -0.428. The second-order valence-corrected chi connectivity index (χ2v) is 7.27. The van der Waals surface area contributed by atoms with Crippen LogP contribution < -0.4 is 16.4 Å². The van der Waals surface area contributed by atoms with E-state index in [1.54, 1.807) is 12.1 Å². The molecular weight excluding hydrogens is 505 g/mol. The second kappa shape index (κ2) is 13.3. The lowest BCUT2D eigenvalue weighted by molar-refractivity contribution is 0.0341. The summed E-state index contributed by atoms with van der Waals surface area (Å²) in [7, 11) is 0. The number of carbonyl (C=O) groups excluding carboxylic acids is 1. The molecule has 0 unspecified atom stereocenters. The van der Waals surface area contributed by atoms with Crippen LogP contribution in [0.1, 0.15) is 34.0 Å². The zero-order valence-corrected chi connectivity index (χ0v) is 20.3. The van der Waals surface area contributed by atoms with Gasteiger partial charge in [0.2, 0.25) is 5.91 Å². The van der Waals surface area contributed by atoms with Gasteiger partial charge in [-0.05, 0) is 35.7 Å². The van der Waals surface area contributed by atoms with Gasteiger partial charge >= 0.3 is 0 Å². The van der Waals surface area contributed by atoms with Gasteiger partial charge < -0.3 is 21.1 Å². The number of hydrogen-bond donors (Lipinski definition) is 3. The van der Waals surface area contributed by atoms with Gasteiger partial charge in [0.15, 0.2) is 5.96 Å². The first-order chi connectivity index (χ1) is 14.7. The molecule has 3 rings (SSSR count). The number of nitrogens with two attached hydrogens (primary N) is 1. The largest absolute Gasteiger partial charge is 0.379 e. The van der Waals surface area contributed by atoms with Gasteiger partial charge in [0.05, 0.1) is 19.8 Å². The fraction of sp³-hybridized carbons (Fsp3) is 0.391. The van der Waals surface area contributed by atoms with Gasteiger partial charge in [-0.25, -0.2) is 4.99 Å². The van der Waals surface area contributed by atoms with Crippen LogP contribution >= 0.6 is 24.0 Å². The summed E-state index contributed by atoms with van der Waals surface area (Å²) in [5, 5.41) is 6.71. The quantitative estimate of drug-likeness (QED) is 0.274. The van der Waals surface area contributed by atoms with Gasteiger partial charge in [0.1, 0.15) is 0 Å². The van der Waals surface area contributed by atoms with E-state index < -0.39 is 5.91 Å². The van der Waals surface area contributed by atoms with Crippen LogP contribution in [0.5, 0.6) is 0 Å². The van der Waals surface area contributed by atoms with Gasteiger partial charge in [0.25, 0.3) is 0 Å². The first-order valence-electron chi connectivity index (χ1n) is 10.4. The van der Waals surface area contributed by atoms with E-state index in [0.29, 0.717) is 18.7 Å². The summed E-state index contributed by atoms with van der Waals surface area (Å²) in [5.74, 6) is 0.311. The van der Waals surface area contributed by atoms with Crippen molar-refractivity contribution in [3.8, 4) is 0 Å². The number of halogens is 1. The molecule has 0 atom stereocenters. The molecule has 1 aliphatic heterocycles. The summed E-state index contributed by atoms with van der Waals surface area (Å²) in [6.45, 7) is 8.42. The summed E-state index contributed by atoms with van der Waals surface area (Å²) in [6, 6.07) is 15.8. The van der Waals surface area contributed by atoms with Crippen LogP contribution in [-0.2, 0) is 24.4 Å². The summed E-state index contributed by atoms with van der Waals surface area (Å²) in [4.78, 5) is 18.5. The number of morpholine rings is 1. The van der Waals surface area contributed by atoms with Crippen molar-refractivity contribution in [3.05, 3.63) is 70.8 Å². The molecule has 4 N–H and O–H groups in total. The molecule has 2 aromatic carbocycles. The Kier molecular flexibility index (Phi) is 10.8. The molecule has 0 aliphatic carbocycles. The average molecular weight is 537 g/mol. The van der Waals surface area contributed by atoms with E-state index in [1.807, 2.05) is 19.1 Å². The molecular formula is C23H32IN5O2. The highest BCUT2D eigenvalue weighted by molar-refractivity contribution is 14.0. The van der Waals surface area contributed by atoms with Gasteiger partial charge in [-0.15, -0.1) is 24.0 Å². The Bertz CT molecular complexity index is 869. The highest BCUT2D eigenvalue weighted by atomic mass is 127. The van der Waals surface area contributed by atoms with Crippen LogP contribution in [0.15, 0.2) is 53.5 Å². The van der Waals surface area contributed by atoms with Crippen LogP contribution in [-0.4, -0.2) is 49.6 Å². The maximum atomic E-state index is 11.4. The first kappa shape index (κ1) is 25.1. The molecule has 0 bridgehead atoms. The van der Waals surface area contributed by atoms with E-state index in [0.717, 1.165) is 50.9 Å². The fourth-order valence-electron chi connectivity index (χ4n) is 3.40. The normalized spacial score (nSPS) is 14.5. The van der Waals surface area contributed by atoms with Crippen LogP contribution in [0.2, 0.25) is 0 Å². The SMILES string of the molecule is CCNC(=NCc1cccc(C(N)=O)c1)NCc1ccccc1CN1CCOCC1.I. The van der Waals surface area contributed by atoms with Crippen molar-refractivity contribution in [2.24, 2.45) is 10.7 Å². The molecule has 0 saturated carbocycles. The van der Waals surface area contributed by atoms with Crippen LogP contribution in [0.25, 0.3) is 0 Å². The Morgan fingerprint density at radius 1 is 1.10 bits per heavy atom. The number of ether oxygens (including phenoxy) is 1. The van der Waals surface area contributed by atoms with Gasteiger partial charge in [-0.3, -0.25) is 9.69 Å². The van der Waals surface area contributed by atoms with Gasteiger partial charge in [-0.1, -0.05) is 36.4 Å². The van der Waals surface area contributed by atoms with E-state index in [1.165, 1.54) is 11.1 Å². The predicted octanol–water partition coefficient (Wildman–Crippen LogP) is 2.49. The van der Waals surface area contributed by atoms with Crippen molar-refractivity contribution in [2.75, 3.05) is 32.8 Å². The van der Waals surface area contributed by atoms with Crippen molar-refractivity contribution in [2.45, 2.75) is 26.6 Å². The van der Waals surface area contributed by atoms with E-state index in [9.17, 15) is 4.79 Å². The van der Waals surface area contributed by atoms with E-state index in [4.69, 9.17) is 10.5 Å². The number of carbonyl (C=O) groups is 1. The molecule has 1 aliphatic rings. The highest BCUT2D eigenvalue weighted by Crippen LogP contribution is 2.13. The van der Waals surface area contributed by atoms with E-state index in [2.05, 4.69) is 44.8 Å². The summed E-state index contributed by atoms with van der Waals surface area (Å²) >= 11 is 0. The van der Waals surface area contributed by atoms with E-state index in [-0.39, 0.29) is 24.0 Å². The molecule has 0 aromatic heterocycles. The molecule has 0 spiro atoms. The van der Waals surface area contributed by atoms with Crippen molar-refractivity contribution >= 4 is 35.8 Å². The van der Waals surface area contributed by atoms with Crippen molar-refractivity contribution in [1.29, 1.82) is 0 Å². The number of amides is 1. The minimum Gasteiger partial charge on any atom is -0.379 e. The third-order valence-electron chi connectivity index (χ3n) is 5.04. The van der Waals surface area contributed by atoms with Gasteiger partial charge in [-0.2, -0.15) is 0 Å². The highest BCUT2D eigenvalue weighted by Gasteiger charge is 2.13. The number of hydrogen-bond acceptors (Lipinski definition) is 4. The Labute approximate surface area is 201 Å². The number of rotatable bonds is 8. The zero-order valence-electron chi connectivity index (χ0n) is 18.0. The Morgan fingerprint density at radius 3 is 2.55 bits per heavy atom. The lowest BCUT2D eigenvalue weighted by atomic mass is 10.1. The van der Waals surface area contributed by atoms with Crippen LogP contribution in [0.3, 0.4) is 0 Å². The summed E-state index contributed by atoms with van der Waals surface area (Å²) in [6.07, 6.45) is 0. The lowest BCUT2D eigenvalue weighted by Crippen LogP contribution is -2.38. The number of nitrogens with one attached hydrogen (secondary N) is 2. The number of primary amides is 1. The molecule has 31 heavy (non-hydrogen) atoms. The molecule has 168 valence electrons. The summed E-state index contributed by atoms with van der Waals surface area (Å²) < 4.78 is 5.45. The van der Waals surface area contributed by atoms with Crippen molar-refractivity contribution in [3.63, 3.8) is 0 Å². The fourth-order valence-corrected chi connectivity index (χ4v) is 3.40. The number of nitrogens with zero attached hydrogens (tertiary/aromatic N) is 2. The predicted molar refractivity (Wildman–Crippen MR) is 135 cm³/mol. The third kappa shape index (κ3) is 8.12. The van der Waals surface area contributed by atoms with Crippen LogP contribution in [0, 0.1) is 0 Å². The molecule has 0 radical (unpaired) electrons. The zero-order chi connectivity index (χ0) is 21.2. The maximum Gasteiger partial charge on any atom is 0.248 e. The molecule has 2 aromatic rings. The van der Waals surface area contributed by atoms with E-state index >= 15 is 0 Å². The Hall–Kier alpha value is -2.17.